The largest absolute Gasteiger partial charge is 0.356 e. The molecule has 4 nitrogen and oxygen atoms in total. The van der Waals surface area contributed by atoms with Crippen molar-refractivity contribution < 1.29 is 4.79 Å². The molecular weight excluding hydrogens is 262 g/mol. The van der Waals surface area contributed by atoms with Crippen molar-refractivity contribution in [3.05, 3.63) is 0 Å². The smallest absolute Gasteiger partial charge is 0.220 e. The van der Waals surface area contributed by atoms with Gasteiger partial charge in [-0.25, -0.2) is 0 Å². The minimum atomic E-state index is 0.170. The van der Waals surface area contributed by atoms with Crippen LogP contribution in [0.3, 0.4) is 0 Å². The molecule has 4 saturated carbocycles. The van der Waals surface area contributed by atoms with Gasteiger partial charge in [0.2, 0.25) is 5.91 Å². The van der Waals surface area contributed by atoms with Gasteiger partial charge in [-0.2, -0.15) is 5.26 Å². The number of carbonyl (C=O) groups excluding carboxylic acids is 1. The zero-order valence-electron chi connectivity index (χ0n) is 13.2. The van der Waals surface area contributed by atoms with Crippen molar-refractivity contribution in [2.75, 3.05) is 6.54 Å². The van der Waals surface area contributed by atoms with Crippen molar-refractivity contribution in [3.8, 4) is 6.19 Å². The Labute approximate surface area is 127 Å². The zero-order chi connectivity index (χ0) is 15.0. The lowest BCUT2D eigenvalue weighted by Crippen LogP contribution is -2.54. The molecule has 5 atom stereocenters. The summed E-state index contributed by atoms with van der Waals surface area (Å²) in [5.74, 6) is 2.91. The maximum Gasteiger partial charge on any atom is 0.220 e. The van der Waals surface area contributed by atoms with Gasteiger partial charge in [0, 0.05) is 19.0 Å². The van der Waals surface area contributed by atoms with Gasteiger partial charge in [0.05, 0.1) is 0 Å². The third kappa shape index (κ3) is 2.63. The van der Waals surface area contributed by atoms with Crippen molar-refractivity contribution in [1.82, 2.24) is 10.6 Å². The van der Waals surface area contributed by atoms with Crippen molar-refractivity contribution in [1.29, 1.82) is 5.26 Å². The van der Waals surface area contributed by atoms with E-state index in [0.717, 1.165) is 31.2 Å². The maximum atomic E-state index is 12.1. The van der Waals surface area contributed by atoms with Gasteiger partial charge in [-0.1, -0.05) is 13.8 Å². The van der Waals surface area contributed by atoms with Gasteiger partial charge >= 0.3 is 0 Å². The number of nitrogens with one attached hydrogen (secondary N) is 2. The normalized spacial score (nSPS) is 39.4. The summed E-state index contributed by atoms with van der Waals surface area (Å²) in [5.41, 5.74) is 0.490. The lowest BCUT2D eigenvalue weighted by atomic mass is 9.45. The van der Waals surface area contributed by atoms with E-state index in [2.05, 4.69) is 24.5 Å². The molecule has 0 spiro atoms. The summed E-state index contributed by atoms with van der Waals surface area (Å²) >= 11 is 0. The molecule has 1 amide bonds. The van der Waals surface area contributed by atoms with E-state index in [1.165, 1.54) is 19.3 Å². The SMILES string of the molecule is CC1(C)C2C[C@H]1CC[C@H]2CNC(=O)CC1CC[C@@H]1NC#N. The Hall–Kier alpha value is -1.24. The molecule has 4 aliphatic carbocycles. The fourth-order valence-electron chi connectivity index (χ4n) is 4.85. The molecule has 0 aromatic carbocycles. The minimum Gasteiger partial charge on any atom is -0.356 e. The van der Waals surface area contributed by atoms with Crippen LogP contribution >= 0.6 is 0 Å². The van der Waals surface area contributed by atoms with Crippen LogP contribution in [-0.4, -0.2) is 18.5 Å². The quantitative estimate of drug-likeness (QED) is 0.603. The third-order valence-corrected chi connectivity index (χ3v) is 6.68. The summed E-state index contributed by atoms with van der Waals surface area (Å²) in [7, 11) is 0. The van der Waals surface area contributed by atoms with E-state index in [4.69, 9.17) is 5.26 Å². The monoisotopic (exact) mass is 289 g/mol. The second-order valence-corrected chi connectivity index (χ2v) is 7.91. The van der Waals surface area contributed by atoms with Crippen LogP contribution in [-0.2, 0) is 4.79 Å². The van der Waals surface area contributed by atoms with Crippen LogP contribution in [0.4, 0.5) is 0 Å². The van der Waals surface area contributed by atoms with Crippen LogP contribution < -0.4 is 10.6 Å². The number of rotatable bonds is 5. The van der Waals surface area contributed by atoms with E-state index in [0.29, 0.717) is 23.7 Å². The van der Waals surface area contributed by atoms with Crippen LogP contribution in [0.15, 0.2) is 0 Å². The highest BCUT2D eigenvalue weighted by atomic mass is 16.1. The maximum absolute atomic E-state index is 12.1. The topological polar surface area (TPSA) is 64.9 Å². The van der Waals surface area contributed by atoms with Crippen LogP contribution in [0.2, 0.25) is 0 Å². The van der Waals surface area contributed by atoms with Crippen LogP contribution in [0, 0.1) is 40.5 Å². The number of nitriles is 1. The van der Waals surface area contributed by atoms with E-state index in [1.54, 1.807) is 0 Å². The van der Waals surface area contributed by atoms with Crippen LogP contribution in [0.1, 0.15) is 52.4 Å². The molecule has 4 aliphatic rings. The predicted molar refractivity (Wildman–Crippen MR) is 81.0 cm³/mol. The molecule has 4 fully saturated rings. The van der Waals surface area contributed by atoms with Gasteiger partial charge in [-0.05, 0) is 61.2 Å². The Kier molecular flexibility index (Phi) is 3.86. The van der Waals surface area contributed by atoms with Gasteiger partial charge in [-0.15, -0.1) is 0 Å². The fourth-order valence-corrected chi connectivity index (χ4v) is 4.85. The number of nitrogens with zero attached hydrogens (tertiary/aromatic N) is 1. The molecule has 0 saturated heterocycles. The second-order valence-electron chi connectivity index (χ2n) is 7.91. The highest BCUT2D eigenvalue weighted by Crippen LogP contribution is 2.61. The average Bonchev–Trinajstić information content (AvgIpc) is 2.47. The van der Waals surface area contributed by atoms with E-state index in [-0.39, 0.29) is 11.9 Å². The molecule has 2 unspecified atom stereocenters. The molecule has 0 aromatic heterocycles. The predicted octanol–water partition coefficient (Wildman–Crippen LogP) is 2.41. The first-order valence-corrected chi connectivity index (χ1v) is 8.43. The standard InChI is InChI=1S/C17H27N3O/c1-17(2)13-5-3-12(14(17)8-13)9-19-16(21)7-11-4-6-15(11)20-10-18/h11-15,20H,3-9H2,1-2H3,(H,19,21)/t11?,12-,13+,14?,15-/m0/s1. The van der Waals surface area contributed by atoms with E-state index in [9.17, 15) is 4.79 Å². The van der Waals surface area contributed by atoms with E-state index >= 15 is 0 Å². The lowest BCUT2D eigenvalue weighted by Gasteiger charge is -2.60. The second kappa shape index (κ2) is 5.51. The summed E-state index contributed by atoms with van der Waals surface area (Å²) in [6, 6.07) is 0.224. The van der Waals surface area contributed by atoms with Crippen molar-refractivity contribution in [2.45, 2.75) is 58.4 Å². The van der Waals surface area contributed by atoms with Crippen LogP contribution in [0.25, 0.3) is 0 Å². The van der Waals surface area contributed by atoms with Gasteiger partial charge in [-0.3, -0.25) is 4.79 Å². The number of hydrogen-bond acceptors (Lipinski definition) is 3. The minimum absolute atomic E-state index is 0.170. The summed E-state index contributed by atoms with van der Waals surface area (Å²) < 4.78 is 0. The Morgan fingerprint density at radius 1 is 1.24 bits per heavy atom. The first-order valence-electron chi connectivity index (χ1n) is 8.43. The van der Waals surface area contributed by atoms with Crippen molar-refractivity contribution >= 4 is 5.91 Å². The molecule has 21 heavy (non-hydrogen) atoms. The van der Waals surface area contributed by atoms with Crippen molar-refractivity contribution in [2.24, 2.45) is 29.1 Å². The Morgan fingerprint density at radius 3 is 2.57 bits per heavy atom. The number of fused-ring (bicyclic) bond motifs is 2. The van der Waals surface area contributed by atoms with Gasteiger partial charge in [0.25, 0.3) is 0 Å². The third-order valence-electron chi connectivity index (χ3n) is 6.68. The van der Waals surface area contributed by atoms with Gasteiger partial charge in [0.1, 0.15) is 0 Å². The Morgan fingerprint density at radius 2 is 2.00 bits per heavy atom. The summed E-state index contributed by atoms with van der Waals surface area (Å²) in [6.07, 6.45) is 8.63. The molecule has 0 aliphatic heterocycles. The Balaban J connectivity index is 1.41. The zero-order valence-corrected chi connectivity index (χ0v) is 13.2. The highest BCUT2D eigenvalue weighted by Gasteiger charge is 2.53. The molecule has 0 radical (unpaired) electrons. The highest BCUT2D eigenvalue weighted by molar-refractivity contribution is 5.76. The molecule has 0 aromatic rings. The molecule has 4 heteroatoms. The first kappa shape index (κ1) is 14.7. The van der Waals surface area contributed by atoms with E-state index < -0.39 is 0 Å². The number of carbonyl (C=O) groups is 1. The summed E-state index contributed by atoms with van der Waals surface area (Å²) in [6.45, 7) is 5.64. The molecule has 0 heterocycles. The molecule has 4 rings (SSSR count). The summed E-state index contributed by atoms with van der Waals surface area (Å²) in [5, 5.41) is 14.6. The van der Waals surface area contributed by atoms with Gasteiger partial charge in [0.15, 0.2) is 6.19 Å². The number of amides is 1. The average molecular weight is 289 g/mol. The Bertz CT molecular complexity index is 451. The lowest BCUT2D eigenvalue weighted by molar-refractivity contribution is -0.126. The molecular formula is C17H27N3O. The first-order chi connectivity index (χ1) is 10.0. The molecule has 2 bridgehead atoms. The summed E-state index contributed by atoms with van der Waals surface area (Å²) in [4.78, 5) is 12.1. The number of hydrogen-bond donors (Lipinski definition) is 2. The van der Waals surface area contributed by atoms with Crippen LogP contribution in [0.5, 0.6) is 0 Å². The molecule has 2 N–H and O–H groups in total. The van der Waals surface area contributed by atoms with Gasteiger partial charge < -0.3 is 10.6 Å². The fraction of sp³-hybridized carbons (Fsp3) is 0.882. The van der Waals surface area contributed by atoms with Crippen molar-refractivity contribution in [3.63, 3.8) is 0 Å². The molecule has 116 valence electrons. The van der Waals surface area contributed by atoms with E-state index in [1.807, 2.05) is 6.19 Å².